The smallest absolute Gasteiger partial charge is 0.266 e. The third kappa shape index (κ3) is 3.13. The van der Waals surface area contributed by atoms with Crippen LogP contribution in [0.4, 0.5) is 5.69 Å². The Morgan fingerprint density at radius 1 is 1.19 bits per heavy atom. The predicted octanol–water partition coefficient (Wildman–Crippen LogP) is 3.40. The molecule has 0 saturated carbocycles. The molecule has 0 spiro atoms. The molecule has 0 fully saturated rings. The Bertz CT molecular complexity index is 946. The van der Waals surface area contributed by atoms with Crippen LogP contribution in [0.25, 0.3) is 11.0 Å². The third-order valence-electron chi connectivity index (χ3n) is 4.33. The van der Waals surface area contributed by atoms with Gasteiger partial charge < -0.3 is 19.8 Å². The monoisotopic (exact) mass is 350 g/mol. The predicted molar refractivity (Wildman–Crippen MR) is 96.9 cm³/mol. The van der Waals surface area contributed by atoms with Crippen molar-refractivity contribution in [2.75, 3.05) is 5.32 Å². The summed E-state index contributed by atoms with van der Waals surface area (Å²) >= 11 is 0. The fourth-order valence-electron chi connectivity index (χ4n) is 2.98. The van der Waals surface area contributed by atoms with Crippen LogP contribution in [0.5, 0.6) is 5.75 Å². The van der Waals surface area contributed by atoms with Crippen LogP contribution >= 0.6 is 0 Å². The number of furan rings is 1. The van der Waals surface area contributed by atoms with Crippen molar-refractivity contribution in [2.45, 2.75) is 25.5 Å². The number of fused-ring (bicyclic) bond motifs is 2. The summed E-state index contributed by atoms with van der Waals surface area (Å²) < 4.78 is 11.4. The van der Waals surface area contributed by atoms with Gasteiger partial charge in [-0.05, 0) is 31.2 Å². The van der Waals surface area contributed by atoms with Gasteiger partial charge in [-0.25, -0.2) is 0 Å². The lowest BCUT2D eigenvalue weighted by atomic mass is 10.1. The van der Waals surface area contributed by atoms with Crippen LogP contribution in [-0.4, -0.2) is 17.9 Å². The Kier molecular flexibility index (Phi) is 4.08. The van der Waals surface area contributed by atoms with Crippen LogP contribution in [0.2, 0.25) is 0 Å². The molecular weight excluding hydrogens is 332 g/mol. The first-order chi connectivity index (χ1) is 12.6. The van der Waals surface area contributed by atoms with Crippen LogP contribution in [0.1, 0.15) is 25.1 Å². The Hall–Kier alpha value is -3.28. The molecule has 132 valence electrons. The van der Waals surface area contributed by atoms with Gasteiger partial charge in [-0.1, -0.05) is 30.3 Å². The molecule has 6 heteroatoms. The Morgan fingerprint density at radius 3 is 2.81 bits per heavy atom. The number of para-hydroxylation sites is 3. The second kappa shape index (κ2) is 6.55. The van der Waals surface area contributed by atoms with E-state index in [0.717, 1.165) is 11.0 Å². The van der Waals surface area contributed by atoms with Crippen molar-refractivity contribution in [3.05, 3.63) is 60.4 Å². The number of ether oxygens (including phenoxy) is 1. The zero-order chi connectivity index (χ0) is 18.1. The van der Waals surface area contributed by atoms with Gasteiger partial charge in [-0.2, -0.15) is 0 Å². The lowest BCUT2D eigenvalue weighted by molar-refractivity contribution is -0.130. The fraction of sp³-hybridized carbons (Fsp3) is 0.200. The van der Waals surface area contributed by atoms with E-state index in [9.17, 15) is 9.59 Å². The van der Waals surface area contributed by atoms with E-state index in [2.05, 4.69) is 10.6 Å². The maximum absolute atomic E-state index is 12.4. The minimum absolute atomic E-state index is 0.0647. The van der Waals surface area contributed by atoms with E-state index >= 15 is 0 Å². The number of benzene rings is 2. The number of carbonyl (C=O) groups excluding carboxylic acids is 2. The minimum Gasteiger partial charge on any atom is -0.478 e. The second-order valence-corrected chi connectivity index (χ2v) is 6.27. The van der Waals surface area contributed by atoms with Gasteiger partial charge in [0.15, 0.2) is 6.10 Å². The molecular formula is C20H18N2O4. The van der Waals surface area contributed by atoms with Gasteiger partial charge in [0.2, 0.25) is 5.91 Å². The molecule has 0 saturated heterocycles. The molecule has 6 nitrogen and oxygen atoms in total. The summed E-state index contributed by atoms with van der Waals surface area (Å²) in [6, 6.07) is 16.4. The number of hydrogen-bond acceptors (Lipinski definition) is 4. The average Bonchev–Trinajstić information content (AvgIpc) is 3.06. The summed E-state index contributed by atoms with van der Waals surface area (Å²) in [5.41, 5.74) is 1.39. The molecule has 2 amide bonds. The standard InChI is InChI=1S/C20H18N2O4/c1-12(17-10-13-6-2-4-8-15(13)25-17)21-19(23)11-18-20(24)22-14-7-3-5-9-16(14)26-18/h2-10,12,18H,11H2,1H3,(H,21,23)(H,22,24)/t12-,18+/m1/s1. The number of carbonyl (C=O) groups is 2. The van der Waals surface area contributed by atoms with E-state index in [-0.39, 0.29) is 24.3 Å². The van der Waals surface area contributed by atoms with Crippen molar-refractivity contribution < 1.29 is 18.7 Å². The summed E-state index contributed by atoms with van der Waals surface area (Å²) in [7, 11) is 0. The van der Waals surface area contributed by atoms with E-state index in [1.165, 1.54) is 0 Å². The first kappa shape index (κ1) is 16.2. The lowest BCUT2D eigenvalue weighted by Crippen LogP contribution is -2.41. The number of nitrogens with one attached hydrogen (secondary N) is 2. The van der Waals surface area contributed by atoms with Crippen molar-refractivity contribution in [3.63, 3.8) is 0 Å². The number of anilines is 1. The first-order valence-electron chi connectivity index (χ1n) is 8.44. The van der Waals surface area contributed by atoms with E-state index in [0.29, 0.717) is 17.2 Å². The molecule has 1 aliphatic heterocycles. The lowest BCUT2D eigenvalue weighted by Gasteiger charge is -2.25. The van der Waals surface area contributed by atoms with E-state index < -0.39 is 6.10 Å². The van der Waals surface area contributed by atoms with Crippen molar-refractivity contribution in [1.82, 2.24) is 5.32 Å². The highest BCUT2D eigenvalue weighted by Crippen LogP contribution is 2.30. The SMILES string of the molecule is C[C@@H](NC(=O)C[C@@H]1Oc2ccccc2NC1=O)c1cc2ccccc2o1. The van der Waals surface area contributed by atoms with Crippen LogP contribution in [0, 0.1) is 0 Å². The normalized spacial score (nSPS) is 17.1. The van der Waals surface area contributed by atoms with Crippen molar-refractivity contribution in [1.29, 1.82) is 0 Å². The van der Waals surface area contributed by atoms with Crippen molar-refractivity contribution >= 4 is 28.5 Å². The molecule has 1 aromatic heterocycles. The molecule has 0 aliphatic carbocycles. The summed E-state index contributed by atoms with van der Waals surface area (Å²) in [5, 5.41) is 6.59. The molecule has 0 unspecified atom stereocenters. The topological polar surface area (TPSA) is 80.6 Å². The minimum atomic E-state index is -0.854. The van der Waals surface area contributed by atoms with Gasteiger partial charge in [0.05, 0.1) is 18.2 Å². The van der Waals surface area contributed by atoms with Crippen LogP contribution in [-0.2, 0) is 9.59 Å². The quantitative estimate of drug-likeness (QED) is 0.756. The number of amides is 2. The summed E-state index contributed by atoms with van der Waals surface area (Å²) in [4.78, 5) is 24.5. The summed E-state index contributed by atoms with van der Waals surface area (Å²) in [6.45, 7) is 1.84. The molecule has 3 aromatic rings. The van der Waals surface area contributed by atoms with Crippen LogP contribution in [0.3, 0.4) is 0 Å². The number of rotatable bonds is 4. The largest absolute Gasteiger partial charge is 0.478 e. The average molecular weight is 350 g/mol. The van der Waals surface area contributed by atoms with Gasteiger partial charge >= 0.3 is 0 Å². The van der Waals surface area contributed by atoms with Gasteiger partial charge in [0.25, 0.3) is 5.91 Å². The maximum atomic E-state index is 12.4. The Labute approximate surface area is 150 Å². The van der Waals surface area contributed by atoms with Crippen molar-refractivity contribution in [3.8, 4) is 5.75 Å². The summed E-state index contributed by atoms with van der Waals surface area (Å²) in [6.07, 6.45) is -0.919. The zero-order valence-electron chi connectivity index (χ0n) is 14.2. The molecule has 1 aliphatic rings. The molecule has 2 N–H and O–H groups in total. The van der Waals surface area contributed by atoms with Crippen molar-refractivity contribution in [2.24, 2.45) is 0 Å². The van der Waals surface area contributed by atoms with Gasteiger partial charge in [0, 0.05) is 5.39 Å². The molecule has 0 bridgehead atoms. The van der Waals surface area contributed by atoms with Gasteiger partial charge in [0.1, 0.15) is 17.1 Å². The number of hydrogen-bond donors (Lipinski definition) is 2. The fourth-order valence-corrected chi connectivity index (χ4v) is 2.98. The second-order valence-electron chi connectivity index (χ2n) is 6.27. The Balaban J connectivity index is 1.41. The molecule has 4 rings (SSSR count). The zero-order valence-corrected chi connectivity index (χ0v) is 14.2. The highest BCUT2D eigenvalue weighted by atomic mass is 16.5. The van der Waals surface area contributed by atoms with Crippen LogP contribution in [0.15, 0.2) is 59.0 Å². The summed E-state index contributed by atoms with van der Waals surface area (Å²) in [5.74, 6) is 0.627. The molecule has 0 radical (unpaired) electrons. The molecule has 26 heavy (non-hydrogen) atoms. The van der Waals surface area contributed by atoms with Crippen LogP contribution < -0.4 is 15.4 Å². The van der Waals surface area contributed by atoms with Gasteiger partial charge in [-0.3, -0.25) is 9.59 Å². The van der Waals surface area contributed by atoms with E-state index in [4.69, 9.17) is 9.15 Å². The molecule has 2 aromatic carbocycles. The maximum Gasteiger partial charge on any atom is 0.266 e. The molecule has 2 heterocycles. The highest BCUT2D eigenvalue weighted by Gasteiger charge is 2.30. The third-order valence-corrected chi connectivity index (χ3v) is 4.33. The molecule has 2 atom stereocenters. The van der Waals surface area contributed by atoms with E-state index in [1.807, 2.05) is 49.4 Å². The van der Waals surface area contributed by atoms with E-state index in [1.54, 1.807) is 12.1 Å². The highest BCUT2D eigenvalue weighted by molar-refractivity contribution is 6.00. The van der Waals surface area contributed by atoms with Gasteiger partial charge in [-0.15, -0.1) is 0 Å². The first-order valence-corrected chi connectivity index (χ1v) is 8.44. The Morgan fingerprint density at radius 2 is 1.96 bits per heavy atom.